The van der Waals surface area contributed by atoms with Crippen molar-refractivity contribution in [1.29, 1.82) is 0 Å². The van der Waals surface area contributed by atoms with Crippen LogP contribution in [0.15, 0.2) is 65.9 Å². The van der Waals surface area contributed by atoms with E-state index in [0.717, 1.165) is 12.0 Å². The fourth-order valence-electron chi connectivity index (χ4n) is 4.03. The molecule has 4 heteroatoms. The van der Waals surface area contributed by atoms with Gasteiger partial charge < -0.3 is 9.64 Å². The smallest absolute Gasteiger partial charge is 0.323 e. The van der Waals surface area contributed by atoms with Gasteiger partial charge in [-0.25, -0.2) is 0 Å². The maximum absolute atomic E-state index is 12.2. The lowest BCUT2D eigenvalue weighted by molar-refractivity contribution is -0.143. The molecular weight excluding hydrogens is 312 g/mol. The number of anilines is 1. The molecule has 2 heterocycles. The Kier molecular flexibility index (Phi) is 4.06. The molecule has 4 nitrogen and oxygen atoms in total. The van der Waals surface area contributed by atoms with Crippen LogP contribution in [-0.4, -0.2) is 26.2 Å². The van der Waals surface area contributed by atoms with E-state index in [1.54, 1.807) is 0 Å². The molecule has 2 aliphatic rings. The van der Waals surface area contributed by atoms with Crippen LogP contribution in [0.25, 0.3) is 0 Å². The van der Waals surface area contributed by atoms with Crippen molar-refractivity contribution in [2.45, 2.75) is 24.9 Å². The van der Waals surface area contributed by atoms with E-state index in [9.17, 15) is 4.79 Å². The van der Waals surface area contributed by atoms with Gasteiger partial charge in [0.15, 0.2) is 0 Å². The number of hydrogen-bond acceptors (Lipinski definition) is 4. The van der Waals surface area contributed by atoms with Gasteiger partial charge >= 0.3 is 5.97 Å². The first-order valence-corrected chi connectivity index (χ1v) is 8.61. The van der Waals surface area contributed by atoms with Crippen molar-refractivity contribution in [2.75, 3.05) is 19.1 Å². The molecule has 0 amide bonds. The second kappa shape index (κ2) is 6.37. The summed E-state index contributed by atoms with van der Waals surface area (Å²) in [6.45, 7) is 0. The number of para-hydroxylation sites is 1. The SMILES string of the molecule is COC(=O)C1CC2=C(C(c3ccccc3)N1)N(C)c1ccccc1C2. The third-order valence-corrected chi connectivity index (χ3v) is 5.19. The fraction of sp³-hybridized carbons (Fsp3) is 0.286. The number of benzene rings is 2. The summed E-state index contributed by atoms with van der Waals surface area (Å²) >= 11 is 0. The van der Waals surface area contributed by atoms with Gasteiger partial charge in [0.1, 0.15) is 6.04 Å². The monoisotopic (exact) mass is 334 g/mol. The summed E-state index contributed by atoms with van der Waals surface area (Å²) in [5, 5.41) is 3.51. The molecule has 4 rings (SSSR count). The summed E-state index contributed by atoms with van der Waals surface area (Å²) < 4.78 is 5.01. The standard InChI is InChI=1S/C21H22N2O2/c1-23-18-11-7-6-10-15(18)12-16-13-17(21(24)25-2)22-19(20(16)23)14-8-4-3-5-9-14/h3-11,17,19,22H,12-13H2,1-2H3. The lowest BCUT2D eigenvalue weighted by Gasteiger charge is -2.42. The lowest BCUT2D eigenvalue weighted by Crippen LogP contribution is -2.48. The third-order valence-electron chi connectivity index (χ3n) is 5.19. The second-order valence-electron chi connectivity index (χ2n) is 6.64. The highest BCUT2D eigenvalue weighted by Gasteiger charge is 2.37. The van der Waals surface area contributed by atoms with Crippen molar-refractivity contribution in [3.63, 3.8) is 0 Å². The zero-order valence-electron chi connectivity index (χ0n) is 14.5. The Bertz CT molecular complexity index is 829. The average Bonchev–Trinajstić information content (AvgIpc) is 2.67. The molecule has 2 atom stereocenters. The first kappa shape index (κ1) is 15.9. The number of nitrogens with zero attached hydrogens (tertiary/aromatic N) is 1. The molecule has 0 radical (unpaired) electrons. The highest BCUT2D eigenvalue weighted by atomic mass is 16.5. The number of methoxy groups -OCH3 is 1. The zero-order valence-corrected chi connectivity index (χ0v) is 14.5. The normalized spacial score (nSPS) is 22.2. The number of nitrogens with one attached hydrogen (secondary N) is 1. The number of rotatable bonds is 2. The van der Waals surface area contributed by atoms with Crippen LogP contribution in [0.1, 0.15) is 23.6 Å². The Morgan fingerprint density at radius 2 is 1.84 bits per heavy atom. The van der Waals surface area contributed by atoms with E-state index in [1.807, 2.05) is 18.2 Å². The van der Waals surface area contributed by atoms with Crippen LogP contribution in [0.3, 0.4) is 0 Å². The number of ether oxygens (including phenoxy) is 1. The number of esters is 1. The van der Waals surface area contributed by atoms with Gasteiger partial charge in [0.05, 0.1) is 13.2 Å². The molecule has 2 aromatic carbocycles. The summed E-state index contributed by atoms with van der Waals surface area (Å²) in [5.74, 6) is -0.200. The third kappa shape index (κ3) is 2.72. The molecule has 25 heavy (non-hydrogen) atoms. The number of carbonyl (C=O) groups excluding carboxylic acids is 1. The van der Waals surface area contributed by atoms with Gasteiger partial charge in [-0.15, -0.1) is 0 Å². The van der Waals surface area contributed by atoms with Crippen molar-refractivity contribution in [1.82, 2.24) is 5.32 Å². The lowest BCUT2D eigenvalue weighted by atomic mass is 9.84. The predicted molar refractivity (Wildman–Crippen MR) is 98.3 cm³/mol. The van der Waals surface area contributed by atoms with Gasteiger partial charge in [0.2, 0.25) is 0 Å². The molecule has 0 aliphatic carbocycles. The first-order valence-electron chi connectivity index (χ1n) is 8.61. The van der Waals surface area contributed by atoms with Gasteiger partial charge in [-0.1, -0.05) is 48.5 Å². The summed E-state index contributed by atoms with van der Waals surface area (Å²) in [4.78, 5) is 14.5. The van der Waals surface area contributed by atoms with E-state index in [2.05, 4.69) is 53.7 Å². The summed E-state index contributed by atoms with van der Waals surface area (Å²) in [6, 6.07) is 18.4. The number of fused-ring (bicyclic) bond motifs is 1. The van der Waals surface area contributed by atoms with Crippen LogP contribution >= 0.6 is 0 Å². The molecule has 2 aliphatic heterocycles. The van der Waals surface area contributed by atoms with Gasteiger partial charge in [-0.05, 0) is 35.6 Å². The molecule has 0 aromatic heterocycles. The Morgan fingerprint density at radius 1 is 1.12 bits per heavy atom. The minimum Gasteiger partial charge on any atom is -0.468 e. The molecule has 0 spiro atoms. The quantitative estimate of drug-likeness (QED) is 0.857. The van der Waals surface area contributed by atoms with Crippen molar-refractivity contribution in [3.05, 3.63) is 77.0 Å². The largest absolute Gasteiger partial charge is 0.468 e. The topological polar surface area (TPSA) is 41.6 Å². The van der Waals surface area contributed by atoms with Crippen LogP contribution in [0.5, 0.6) is 0 Å². The molecule has 1 N–H and O–H groups in total. The first-order chi connectivity index (χ1) is 12.2. The van der Waals surface area contributed by atoms with Crippen LogP contribution in [0.2, 0.25) is 0 Å². The van der Waals surface area contributed by atoms with Crippen molar-refractivity contribution >= 4 is 11.7 Å². The average molecular weight is 334 g/mol. The number of hydrogen-bond donors (Lipinski definition) is 1. The zero-order chi connectivity index (χ0) is 17.4. The van der Waals surface area contributed by atoms with Gasteiger partial charge in [-0.2, -0.15) is 0 Å². The Balaban J connectivity index is 1.81. The van der Waals surface area contributed by atoms with E-state index >= 15 is 0 Å². The van der Waals surface area contributed by atoms with Gasteiger partial charge in [0, 0.05) is 18.4 Å². The molecule has 128 valence electrons. The van der Waals surface area contributed by atoms with Crippen LogP contribution in [-0.2, 0) is 16.0 Å². The maximum atomic E-state index is 12.2. The van der Waals surface area contributed by atoms with Gasteiger partial charge in [0.25, 0.3) is 0 Å². The molecule has 2 aromatic rings. The summed E-state index contributed by atoms with van der Waals surface area (Å²) in [5.41, 5.74) is 6.27. The highest BCUT2D eigenvalue weighted by Crippen LogP contribution is 2.42. The number of carbonyl (C=O) groups is 1. The van der Waals surface area contributed by atoms with E-state index in [4.69, 9.17) is 4.74 Å². The number of likely N-dealkylation sites (N-methyl/N-ethyl adjacent to an activating group) is 1. The summed E-state index contributed by atoms with van der Waals surface area (Å²) in [6.07, 6.45) is 1.57. The maximum Gasteiger partial charge on any atom is 0.323 e. The van der Waals surface area contributed by atoms with E-state index in [1.165, 1.54) is 29.6 Å². The van der Waals surface area contributed by atoms with E-state index in [-0.39, 0.29) is 18.1 Å². The van der Waals surface area contributed by atoms with Gasteiger partial charge in [-0.3, -0.25) is 10.1 Å². The predicted octanol–water partition coefficient (Wildman–Crippen LogP) is 3.21. The molecule has 2 unspecified atom stereocenters. The summed E-state index contributed by atoms with van der Waals surface area (Å²) in [7, 11) is 3.57. The molecular formula is C21H22N2O2. The minimum atomic E-state index is -0.312. The van der Waals surface area contributed by atoms with E-state index in [0.29, 0.717) is 6.42 Å². The minimum absolute atomic E-state index is 0.0209. The molecule has 0 fully saturated rings. The van der Waals surface area contributed by atoms with Crippen molar-refractivity contribution in [2.24, 2.45) is 0 Å². The van der Waals surface area contributed by atoms with Crippen LogP contribution < -0.4 is 10.2 Å². The van der Waals surface area contributed by atoms with Crippen molar-refractivity contribution < 1.29 is 9.53 Å². The van der Waals surface area contributed by atoms with Crippen LogP contribution in [0.4, 0.5) is 5.69 Å². The second-order valence-corrected chi connectivity index (χ2v) is 6.64. The molecule has 0 saturated carbocycles. The Hall–Kier alpha value is -2.59. The van der Waals surface area contributed by atoms with Crippen molar-refractivity contribution in [3.8, 4) is 0 Å². The molecule has 0 saturated heterocycles. The Morgan fingerprint density at radius 3 is 2.60 bits per heavy atom. The fourth-order valence-corrected chi connectivity index (χ4v) is 4.03. The van der Waals surface area contributed by atoms with Crippen LogP contribution in [0, 0.1) is 0 Å². The molecule has 0 bridgehead atoms. The Labute approximate surface area is 148 Å². The highest BCUT2D eigenvalue weighted by molar-refractivity contribution is 5.77. The van der Waals surface area contributed by atoms with E-state index < -0.39 is 0 Å².